The zero-order valence-corrected chi connectivity index (χ0v) is 18.2. The van der Waals surface area contributed by atoms with E-state index in [4.69, 9.17) is 4.74 Å². The van der Waals surface area contributed by atoms with Crippen molar-refractivity contribution in [1.82, 2.24) is 10.6 Å². The number of nitrogens with zero attached hydrogens (tertiary/aromatic N) is 1. The molecule has 0 radical (unpaired) electrons. The molecule has 1 aromatic carbocycles. The molecule has 8 heteroatoms. The van der Waals surface area contributed by atoms with Gasteiger partial charge in [-0.1, -0.05) is 30.3 Å². The second kappa shape index (κ2) is 9.89. The molecule has 0 bridgehead atoms. The summed E-state index contributed by atoms with van der Waals surface area (Å²) in [6.45, 7) is 1.54. The lowest BCUT2D eigenvalue weighted by atomic mass is 9.89. The Kier molecular flexibility index (Phi) is 8.15. The molecular weight excluding hydrogens is 465 g/mol. The highest BCUT2D eigenvalue weighted by molar-refractivity contribution is 14.0. The predicted molar refractivity (Wildman–Crippen MR) is 115 cm³/mol. The summed E-state index contributed by atoms with van der Waals surface area (Å²) in [6.07, 6.45) is 2.89. The van der Waals surface area contributed by atoms with Gasteiger partial charge in [-0.25, -0.2) is 8.42 Å². The van der Waals surface area contributed by atoms with Crippen LogP contribution in [0.4, 0.5) is 0 Å². The van der Waals surface area contributed by atoms with Crippen molar-refractivity contribution in [3.05, 3.63) is 35.9 Å². The maximum Gasteiger partial charge on any atom is 0.191 e. The molecule has 2 aliphatic heterocycles. The van der Waals surface area contributed by atoms with Crippen LogP contribution in [0.5, 0.6) is 0 Å². The van der Waals surface area contributed by atoms with Gasteiger partial charge in [-0.05, 0) is 24.8 Å². The molecule has 1 aromatic rings. The molecule has 0 aromatic heterocycles. The summed E-state index contributed by atoms with van der Waals surface area (Å²) in [6, 6.07) is 10.3. The number of ether oxygens (including phenoxy) is 1. The van der Waals surface area contributed by atoms with Gasteiger partial charge < -0.3 is 15.4 Å². The SMILES string of the molecule is CN=C(NCC1CCCOC1c1ccccc1)NC1CCS(=O)(=O)C1.I. The lowest BCUT2D eigenvalue weighted by Gasteiger charge is -2.32. The van der Waals surface area contributed by atoms with Gasteiger partial charge in [-0.15, -0.1) is 24.0 Å². The Bertz CT molecular complexity index is 697. The van der Waals surface area contributed by atoms with Crippen LogP contribution in [-0.4, -0.2) is 52.1 Å². The molecule has 2 fully saturated rings. The van der Waals surface area contributed by atoms with Crippen molar-refractivity contribution in [2.24, 2.45) is 10.9 Å². The van der Waals surface area contributed by atoms with Crippen molar-refractivity contribution in [2.45, 2.75) is 31.4 Å². The first-order valence-corrected chi connectivity index (χ1v) is 10.7. The third-order valence-electron chi connectivity index (χ3n) is 4.90. The van der Waals surface area contributed by atoms with Crippen molar-refractivity contribution in [3.63, 3.8) is 0 Å². The maximum atomic E-state index is 11.6. The number of halogens is 1. The number of aliphatic imine (C=N–C) groups is 1. The summed E-state index contributed by atoms with van der Waals surface area (Å²) >= 11 is 0. The molecule has 3 unspecified atom stereocenters. The van der Waals surface area contributed by atoms with E-state index in [0.717, 1.165) is 26.0 Å². The summed E-state index contributed by atoms with van der Waals surface area (Å²) in [5.74, 6) is 1.47. The molecule has 0 saturated carbocycles. The fourth-order valence-corrected chi connectivity index (χ4v) is 5.26. The molecule has 6 nitrogen and oxygen atoms in total. The van der Waals surface area contributed by atoms with Crippen LogP contribution in [0.1, 0.15) is 30.9 Å². The predicted octanol–water partition coefficient (Wildman–Crippen LogP) is 2.12. The highest BCUT2D eigenvalue weighted by Crippen LogP contribution is 2.33. The molecule has 2 aliphatic rings. The van der Waals surface area contributed by atoms with Crippen LogP contribution >= 0.6 is 24.0 Å². The first-order chi connectivity index (χ1) is 12.1. The van der Waals surface area contributed by atoms with Crippen LogP contribution in [0.25, 0.3) is 0 Å². The van der Waals surface area contributed by atoms with E-state index in [0.29, 0.717) is 18.3 Å². The fourth-order valence-electron chi connectivity index (χ4n) is 3.59. The van der Waals surface area contributed by atoms with Gasteiger partial charge in [-0.2, -0.15) is 0 Å². The molecule has 2 heterocycles. The topological polar surface area (TPSA) is 79.8 Å². The van der Waals surface area contributed by atoms with E-state index in [9.17, 15) is 8.42 Å². The molecule has 3 rings (SSSR count). The number of benzene rings is 1. The molecule has 0 aliphatic carbocycles. The highest BCUT2D eigenvalue weighted by Gasteiger charge is 2.30. The fraction of sp³-hybridized carbons (Fsp3) is 0.611. The van der Waals surface area contributed by atoms with Crippen molar-refractivity contribution in [2.75, 3.05) is 31.7 Å². The molecule has 0 amide bonds. The van der Waals surface area contributed by atoms with Crippen molar-refractivity contribution in [3.8, 4) is 0 Å². The third-order valence-corrected chi connectivity index (χ3v) is 6.67. The van der Waals surface area contributed by atoms with E-state index in [1.807, 2.05) is 18.2 Å². The number of hydrogen-bond donors (Lipinski definition) is 2. The standard InChI is InChI=1S/C18H27N3O3S.HI/c1-19-18(21-16-9-11-25(22,23)13-16)20-12-15-8-5-10-24-17(15)14-6-3-2-4-7-14;/h2-4,6-7,15-17H,5,8-13H2,1H3,(H2,19,20,21);1H. The van der Waals surface area contributed by atoms with E-state index in [1.165, 1.54) is 5.56 Å². The van der Waals surface area contributed by atoms with Gasteiger partial charge in [0.1, 0.15) is 0 Å². The second-order valence-corrected chi connectivity index (χ2v) is 9.03. The van der Waals surface area contributed by atoms with Gasteiger partial charge in [0.25, 0.3) is 0 Å². The van der Waals surface area contributed by atoms with Gasteiger partial charge in [-0.3, -0.25) is 4.99 Å². The van der Waals surface area contributed by atoms with Crippen LogP contribution in [0.2, 0.25) is 0 Å². The molecular formula is C18H28IN3O3S. The van der Waals surface area contributed by atoms with Crippen LogP contribution in [0, 0.1) is 5.92 Å². The maximum absolute atomic E-state index is 11.6. The summed E-state index contributed by atoms with van der Waals surface area (Å²) < 4.78 is 29.2. The van der Waals surface area contributed by atoms with Crippen LogP contribution in [-0.2, 0) is 14.6 Å². The van der Waals surface area contributed by atoms with E-state index in [-0.39, 0.29) is 47.6 Å². The summed E-state index contributed by atoms with van der Waals surface area (Å²) in [5, 5.41) is 6.59. The van der Waals surface area contributed by atoms with Crippen molar-refractivity contribution < 1.29 is 13.2 Å². The summed E-state index contributed by atoms with van der Waals surface area (Å²) in [4.78, 5) is 4.24. The number of guanidine groups is 1. The minimum absolute atomic E-state index is 0. The van der Waals surface area contributed by atoms with Gasteiger partial charge in [0.2, 0.25) is 0 Å². The number of nitrogens with one attached hydrogen (secondary N) is 2. The number of hydrogen-bond acceptors (Lipinski definition) is 4. The zero-order valence-electron chi connectivity index (χ0n) is 15.1. The number of rotatable bonds is 4. The minimum atomic E-state index is -2.89. The normalized spacial score (nSPS) is 28.2. The Morgan fingerprint density at radius 3 is 2.69 bits per heavy atom. The van der Waals surface area contributed by atoms with Crippen LogP contribution < -0.4 is 10.6 Å². The minimum Gasteiger partial charge on any atom is -0.373 e. The van der Waals surface area contributed by atoms with E-state index in [1.54, 1.807) is 7.05 Å². The largest absolute Gasteiger partial charge is 0.373 e. The molecule has 146 valence electrons. The Morgan fingerprint density at radius 2 is 2.04 bits per heavy atom. The number of sulfone groups is 1. The Labute approximate surface area is 173 Å². The average molecular weight is 493 g/mol. The first-order valence-electron chi connectivity index (χ1n) is 8.91. The Balaban J connectivity index is 0.00000243. The van der Waals surface area contributed by atoms with Crippen molar-refractivity contribution >= 4 is 39.8 Å². The molecule has 2 saturated heterocycles. The van der Waals surface area contributed by atoms with Crippen molar-refractivity contribution in [1.29, 1.82) is 0 Å². The average Bonchev–Trinajstić information content (AvgIpc) is 2.98. The molecule has 26 heavy (non-hydrogen) atoms. The second-order valence-electron chi connectivity index (χ2n) is 6.80. The van der Waals surface area contributed by atoms with Crippen LogP contribution in [0.3, 0.4) is 0 Å². The zero-order chi connectivity index (χ0) is 17.7. The molecule has 3 atom stereocenters. The molecule has 0 spiro atoms. The summed E-state index contributed by atoms with van der Waals surface area (Å²) in [5.41, 5.74) is 1.21. The third kappa shape index (κ3) is 5.82. The van der Waals surface area contributed by atoms with E-state index < -0.39 is 9.84 Å². The Morgan fingerprint density at radius 1 is 1.27 bits per heavy atom. The lowest BCUT2D eigenvalue weighted by molar-refractivity contribution is -0.0265. The summed E-state index contributed by atoms with van der Waals surface area (Å²) in [7, 11) is -1.18. The lowest BCUT2D eigenvalue weighted by Crippen LogP contribution is -2.46. The van der Waals surface area contributed by atoms with Crippen LogP contribution in [0.15, 0.2) is 35.3 Å². The quantitative estimate of drug-likeness (QED) is 0.382. The monoisotopic (exact) mass is 493 g/mol. The molecule has 2 N–H and O–H groups in total. The first kappa shape index (κ1) is 21.4. The van der Waals surface area contributed by atoms with Gasteiger partial charge in [0.15, 0.2) is 15.8 Å². The Hall–Kier alpha value is -0.870. The van der Waals surface area contributed by atoms with Gasteiger partial charge in [0.05, 0.1) is 17.6 Å². The van der Waals surface area contributed by atoms with Gasteiger partial charge >= 0.3 is 0 Å². The highest BCUT2D eigenvalue weighted by atomic mass is 127. The van der Waals surface area contributed by atoms with E-state index >= 15 is 0 Å². The van der Waals surface area contributed by atoms with E-state index in [2.05, 4.69) is 27.8 Å². The van der Waals surface area contributed by atoms with Gasteiger partial charge in [0, 0.05) is 32.2 Å². The smallest absolute Gasteiger partial charge is 0.191 e.